The maximum atomic E-state index is 12.9. The minimum absolute atomic E-state index is 0.0479. The molecule has 0 radical (unpaired) electrons. The number of hydrogen-bond acceptors (Lipinski definition) is 5. The van der Waals surface area contributed by atoms with Crippen molar-refractivity contribution in [3.63, 3.8) is 0 Å². The van der Waals surface area contributed by atoms with E-state index in [9.17, 15) is 26.8 Å². The molecule has 0 aromatic heterocycles. The van der Waals surface area contributed by atoms with Gasteiger partial charge in [-0.2, -0.15) is 18.2 Å². The van der Waals surface area contributed by atoms with E-state index in [1.807, 2.05) is 0 Å². The summed E-state index contributed by atoms with van der Waals surface area (Å²) in [4.78, 5) is 0. The fraction of sp³-hybridized carbons (Fsp3) is 0.625. The van der Waals surface area contributed by atoms with Crippen molar-refractivity contribution in [1.29, 1.82) is 0 Å². The number of nitrogens with one attached hydrogen (secondary N) is 1. The molecule has 2 saturated heterocycles. The largest absolute Gasteiger partial charge is 0.488 e. The molecule has 1 aromatic rings. The normalized spacial score (nSPS) is 27.2. The SMILES string of the molecule is CS(=O)(=O)Nc1cc(C(F)(F)F)ccc1OC1C[C@H]2CCC[C@H](C1)N2O. The van der Waals surface area contributed by atoms with Crippen LogP contribution in [0.15, 0.2) is 18.2 Å². The Kier molecular flexibility index (Phi) is 5.11. The molecular formula is C16H21F3N2O4S. The fourth-order valence-electron chi connectivity index (χ4n) is 3.67. The van der Waals surface area contributed by atoms with Gasteiger partial charge in [0, 0.05) is 24.9 Å². The minimum atomic E-state index is -4.59. The number of rotatable bonds is 4. The summed E-state index contributed by atoms with van der Waals surface area (Å²) in [6.07, 6.45) is -0.288. The monoisotopic (exact) mass is 394 g/mol. The lowest BCUT2D eigenvalue weighted by molar-refractivity contribution is -0.207. The van der Waals surface area contributed by atoms with Gasteiger partial charge in [-0.3, -0.25) is 4.72 Å². The molecule has 0 unspecified atom stereocenters. The molecule has 2 N–H and O–H groups in total. The molecule has 0 amide bonds. The quantitative estimate of drug-likeness (QED) is 0.820. The molecule has 1 aromatic carbocycles. The highest BCUT2D eigenvalue weighted by molar-refractivity contribution is 7.92. The smallest absolute Gasteiger partial charge is 0.416 e. The Morgan fingerprint density at radius 2 is 1.85 bits per heavy atom. The molecule has 2 aliphatic heterocycles. The van der Waals surface area contributed by atoms with Gasteiger partial charge in [-0.15, -0.1) is 0 Å². The highest BCUT2D eigenvalue weighted by atomic mass is 32.2. The van der Waals surface area contributed by atoms with Gasteiger partial charge in [0.25, 0.3) is 0 Å². The van der Waals surface area contributed by atoms with Gasteiger partial charge in [-0.05, 0) is 31.0 Å². The molecule has 6 nitrogen and oxygen atoms in total. The molecule has 2 aliphatic rings. The van der Waals surface area contributed by atoms with Gasteiger partial charge in [-0.1, -0.05) is 6.42 Å². The Morgan fingerprint density at radius 1 is 1.23 bits per heavy atom. The van der Waals surface area contributed by atoms with E-state index < -0.39 is 21.8 Å². The van der Waals surface area contributed by atoms with Crippen molar-refractivity contribution in [3.05, 3.63) is 23.8 Å². The Labute approximate surface area is 149 Å². The average Bonchev–Trinajstić information content (AvgIpc) is 2.47. The third-order valence-corrected chi connectivity index (χ3v) is 5.38. The van der Waals surface area contributed by atoms with E-state index in [1.54, 1.807) is 0 Å². The number of sulfonamides is 1. The first kappa shape index (κ1) is 19.2. The Hall–Kier alpha value is -1.52. The number of hydroxylamine groups is 2. The first-order valence-electron chi connectivity index (χ1n) is 8.36. The predicted molar refractivity (Wildman–Crippen MR) is 88.6 cm³/mol. The lowest BCUT2D eigenvalue weighted by atomic mass is 9.85. The molecule has 2 atom stereocenters. The van der Waals surface area contributed by atoms with Gasteiger partial charge in [0.15, 0.2) is 0 Å². The van der Waals surface area contributed by atoms with Crippen LogP contribution in [-0.2, 0) is 16.2 Å². The van der Waals surface area contributed by atoms with Crippen LogP contribution in [0.5, 0.6) is 5.75 Å². The summed E-state index contributed by atoms with van der Waals surface area (Å²) in [6.45, 7) is 0. The summed E-state index contributed by atoms with van der Waals surface area (Å²) >= 11 is 0. The van der Waals surface area contributed by atoms with Crippen LogP contribution < -0.4 is 9.46 Å². The third kappa shape index (κ3) is 4.41. The molecule has 26 heavy (non-hydrogen) atoms. The summed E-state index contributed by atoms with van der Waals surface area (Å²) < 4.78 is 69.8. The van der Waals surface area contributed by atoms with Gasteiger partial charge in [0.1, 0.15) is 11.9 Å². The standard InChI is InChI=1S/C16H21F3N2O4S/c1-26(23,24)20-14-7-10(16(17,18)19)5-6-15(14)25-13-8-11-3-2-4-12(9-13)21(11)22/h5-7,11-13,20,22H,2-4,8-9H2,1H3/t11-,12-/m1/s1. The number of alkyl halides is 3. The lowest BCUT2D eigenvalue weighted by Crippen LogP contribution is -2.52. The topological polar surface area (TPSA) is 78.9 Å². The van der Waals surface area contributed by atoms with Gasteiger partial charge in [-0.25, -0.2) is 8.42 Å². The van der Waals surface area contributed by atoms with Gasteiger partial charge in [0.2, 0.25) is 10.0 Å². The number of piperidine rings is 2. The highest BCUT2D eigenvalue weighted by Crippen LogP contribution is 2.38. The van der Waals surface area contributed by atoms with Crippen molar-refractivity contribution in [2.24, 2.45) is 0 Å². The summed E-state index contributed by atoms with van der Waals surface area (Å²) in [5.41, 5.74) is -1.20. The second-order valence-corrected chi connectivity index (χ2v) is 8.66. The molecule has 2 heterocycles. The number of benzene rings is 1. The predicted octanol–water partition coefficient (Wildman–Crippen LogP) is 3.23. The van der Waals surface area contributed by atoms with Gasteiger partial charge < -0.3 is 9.94 Å². The molecule has 2 bridgehead atoms. The second-order valence-electron chi connectivity index (χ2n) is 6.91. The average molecular weight is 394 g/mol. The third-order valence-electron chi connectivity index (χ3n) is 4.79. The van der Waals surface area contributed by atoms with Crippen LogP contribution in [0.3, 0.4) is 0 Å². The lowest BCUT2D eigenvalue weighted by Gasteiger charge is -2.44. The van der Waals surface area contributed by atoms with Gasteiger partial charge in [0.05, 0.1) is 17.5 Å². The summed E-state index contributed by atoms with van der Waals surface area (Å²) in [5.74, 6) is 0.0536. The number of hydrogen-bond donors (Lipinski definition) is 2. The Bertz CT molecular complexity index is 755. The number of fused-ring (bicyclic) bond motifs is 2. The number of ether oxygens (including phenoxy) is 1. The zero-order valence-corrected chi connectivity index (χ0v) is 15.0. The molecule has 2 fully saturated rings. The van der Waals surface area contributed by atoms with E-state index in [4.69, 9.17) is 4.74 Å². The number of halogens is 3. The van der Waals surface area contributed by atoms with Crippen LogP contribution >= 0.6 is 0 Å². The van der Waals surface area contributed by atoms with Crippen LogP contribution in [0.2, 0.25) is 0 Å². The Balaban J connectivity index is 1.84. The molecule has 146 valence electrons. The second kappa shape index (κ2) is 6.90. The van der Waals surface area contributed by atoms with E-state index in [1.165, 1.54) is 5.06 Å². The van der Waals surface area contributed by atoms with Crippen molar-refractivity contribution in [3.8, 4) is 5.75 Å². The van der Waals surface area contributed by atoms with Crippen LogP contribution in [0.1, 0.15) is 37.7 Å². The maximum Gasteiger partial charge on any atom is 0.416 e. The van der Waals surface area contributed by atoms with Crippen LogP contribution in [-0.4, -0.2) is 43.1 Å². The summed E-state index contributed by atoms with van der Waals surface area (Å²) in [6, 6.07) is 2.64. The molecule has 10 heteroatoms. The first-order valence-corrected chi connectivity index (χ1v) is 10.2. The van der Waals surface area contributed by atoms with Gasteiger partial charge >= 0.3 is 6.18 Å². The van der Waals surface area contributed by atoms with Crippen molar-refractivity contribution >= 4 is 15.7 Å². The molecular weight excluding hydrogens is 373 g/mol. The number of anilines is 1. The van der Waals surface area contributed by atoms with E-state index in [0.717, 1.165) is 43.7 Å². The highest BCUT2D eigenvalue weighted by Gasteiger charge is 2.39. The van der Waals surface area contributed by atoms with E-state index in [2.05, 4.69) is 4.72 Å². The van der Waals surface area contributed by atoms with E-state index >= 15 is 0 Å². The molecule has 0 aliphatic carbocycles. The van der Waals surface area contributed by atoms with E-state index in [-0.39, 0.29) is 29.6 Å². The molecule has 0 spiro atoms. The molecule has 3 rings (SSSR count). The summed E-state index contributed by atoms with van der Waals surface area (Å²) in [7, 11) is -3.77. The van der Waals surface area contributed by atoms with Crippen molar-refractivity contribution in [1.82, 2.24) is 5.06 Å². The van der Waals surface area contributed by atoms with Crippen molar-refractivity contribution in [2.75, 3.05) is 11.0 Å². The first-order chi connectivity index (χ1) is 12.0. The zero-order valence-electron chi connectivity index (χ0n) is 14.2. The number of nitrogens with zero attached hydrogens (tertiary/aromatic N) is 1. The van der Waals surface area contributed by atoms with Crippen molar-refractivity contribution in [2.45, 2.75) is 56.5 Å². The van der Waals surface area contributed by atoms with Crippen LogP contribution in [0, 0.1) is 0 Å². The minimum Gasteiger partial charge on any atom is -0.488 e. The fourth-order valence-corrected chi connectivity index (χ4v) is 4.23. The van der Waals surface area contributed by atoms with Crippen molar-refractivity contribution < 1.29 is 31.5 Å². The van der Waals surface area contributed by atoms with Crippen LogP contribution in [0.4, 0.5) is 18.9 Å². The Morgan fingerprint density at radius 3 is 2.38 bits per heavy atom. The van der Waals surface area contributed by atoms with Crippen LogP contribution in [0.25, 0.3) is 0 Å². The zero-order chi connectivity index (χ0) is 19.1. The maximum absolute atomic E-state index is 12.9. The van der Waals surface area contributed by atoms with E-state index in [0.29, 0.717) is 12.8 Å². The summed E-state index contributed by atoms with van der Waals surface area (Å²) in [5, 5.41) is 11.4. The molecule has 0 saturated carbocycles.